The summed E-state index contributed by atoms with van der Waals surface area (Å²) in [6, 6.07) is 18.5. The molecule has 2 aromatic heterocycles. The van der Waals surface area contributed by atoms with Crippen molar-refractivity contribution in [2.75, 3.05) is 5.32 Å². The van der Waals surface area contributed by atoms with Gasteiger partial charge in [0.1, 0.15) is 16.5 Å². The number of nitrogens with one attached hydrogen (secondary N) is 1. The minimum absolute atomic E-state index is 0.118. The molecule has 5 rings (SSSR count). The van der Waals surface area contributed by atoms with Crippen LogP contribution in [-0.4, -0.2) is 12.1 Å². The number of benzene rings is 2. The van der Waals surface area contributed by atoms with Crippen LogP contribution in [0.5, 0.6) is 0 Å². The van der Waals surface area contributed by atoms with Crippen LogP contribution in [0.15, 0.2) is 70.1 Å². The second-order valence-corrected chi connectivity index (χ2v) is 10.4. The standard InChI is InChI=1S/C28H24Cl2N2O2S/c29-18-12-14-23(30)22(16-18)24-15-13-20(34-24)17-31-28-26(27(33)32-19-8-4-3-5-9-19)21-10-6-1-2-7-11-25(21)35-28/h3-5,8-9,12-17H,1-2,6-7,10-11H2,(H,32,33). The summed E-state index contributed by atoms with van der Waals surface area (Å²) in [5.74, 6) is 1.07. The largest absolute Gasteiger partial charge is 0.455 e. The van der Waals surface area contributed by atoms with Crippen molar-refractivity contribution in [2.24, 2.45) is 4.99 Å². The molecule has 0 unspecified atom stereocenters. The van der Waals surface area contributed by atoms with Gasteiger partial charge < -0.3 is 9.73 Å². The Labute approximate surface area is 218 Å². The van der Waals surface area contributed by atoms with E-state index in [0.29, 0.717) is 32.1 Å². The molecule has 0 bridgehead atoms. The molecule has 0 radical (unpaired) electrons. The van der Waals surface area contributed by atoms with Gasteiger partial charge in [0.15, 0.2) is 0 Å². The van der Waals surface area contributed by atoms with Crippen molar-refractivity contribution in [1.29, 1.82) is 0 Å². The molecule has 1 aliphatic rings. The number of aliphatic imine (C=N–C) groups is 1. The van der Waals surface area contributed by atoms with Crippen LogP contribution in [0.3, 0.4) is 0 Å². The van der Waals surface area contributed by atoms with E-state index in [4.69, 9.17) is 32.6 Å². The molecule has 2 heterocycles. The van der Waals surface area contributed by atoms with Crippen LogP contribution in [0.4, 0.5) is 10.7 Å². The van der Waals surface area contributed by atoms with Gasteiger partial charge >= 0.3 is 0 Å². The third kappa shape index (κ3) is 5.53. The van der Waals surface area contributed by atoms with E-state index in [2.05, 4.69) is 5.32 Å². The second-order valence-electron chi connectivity index (χ2n) is 8.50. The molecule has 2 aromatic carbocycles. The number of anilines is 1. The number of furan rings is 1. The number of hydrogen-bond acceptors (Lipinski definition) is 4. The topological polar surface area (TPSA) is 54.6 Å². The van der Waals surface area contributed by atoms with E-state index in [1.165, 1.54) is 17.7 Å². The molecule has 0 spiro atoms. The van der Waals surface area contributed by atoms with Crippen LogP contribution in [0.25, 0.3) is 11.3 Å². The van der Waals surface area contributed by atoms with Crippen molar-refractivity contribution in [3.63, 3.8) is 0 Å². The van der Waals surface area contributed by atoms with Gasteiger partial charge in [-0.3, -0.25) is 4.79 Å². The van der Waals surface area contributed by atoms with Crippen LogP contribution in [0, 0.1) is 0 Å². The predicted octanol–water partition coefficient (Wildman–Crippen LogP) is 8.98. The zero-order valence-corrected chi connectivity index (χ0v) is 21.3. The minimum atomic E-state index is -0.118. The molecule has 0 saturated carbocycles. The van der Waals surface area contributed by atoms with Gasteiger partial charge in [0.05, 0.1) is 16.8 Å². The van der Waals surface area contributed by atoms with Crippen molar-refractivity contribution in [1.82, 2.24) is 0 Å². The Morgan fingerprint density at radius 1 is 0.971 bits per heavy atom. The first kappa shape index (κ1) is 23.9. The van der Waals surface area contributed by atoms with Gasteiger partial charge in [-0.2, -0.15) is 0 Å². The summed E-state index contributed by atoms with van der Waals surface area (Å²) >= 11 is 14.1. The molecule has 4 aromatic rings. The van der Waals surface area contributed by atoms with Crippen molar-refractivity contribution >= 4 is 57.3 Å². The van der Waals surface area contributed by atoms with Gasteiger partial charge in [0.25, 0.3) is 5.91 Å². The lowest BCUT2D eigenvalue weighted by Gasteiger charge is -2.11. The molecular weight excluding hydrogens is 499 g/mol. The first-order chi connectivity index (χ1) is 17.1. The highest BCUT2D eigenvalue weighted by atomic mass is 35.5. The number of hydrogen-bond donors (Lipinski definition) is 1. The summed E-state index contributed by atoms with van der Waals surface area (Å²) in [6.45, 7) is 0. The third-order valence-corrected chi connectivity index (χ3v) is 7.81. The van der Waals surface area contributed by atoms with Gasteiger partial charge in [0, 0.05) is 21.2 Å². The Hall–Kier alpha value is -2.86. The Kier molecular flexibility index (Phi) is 7.37. The third-order valence-electron chi connectivity index (χ3n) is 6.04. The average molecular weight is 523 g/mol. The maximum Gasteiger partial charge on any atom is 0.259 e. The van der Waals surface area contributed by atoms with E-state index in [1.54, 1.807) is 35.8 Å². The first-order valence-corrected chi connectivity index (χ1v) is 13.3. The number of amides is 1. The number of aryl methyl sites for hydroxylation is 1. The molecule has 178 valence electrons. The monoisotopic (exact) mass is 522 g/mol. The molecule has 0 aliphatic heterocycles. The predicted molar refractivity (Wildman–Crippen MR) is 146 cm³/mol. The van der Waals surface area contributed by atoms with E-state index >= 15 is 0 Å². The van der Waals surface area contributed by atoms with Crippen molar-refractivity contribution in [3.05, 3.63) is 92.5 Å². The summed E-state index contributed by atoms with van der Waals surface area (Å²) in [6.07, 6.45) is 8.19. The highest BCUT2D eigenvalue weighted by Crippen LogP contribution is 2.39. The van der Waals surface area contributed by atoms with Gasteiger partial charge in [-0.05, 0) is 73.7 Å². The highest BCUT2D eigenvalue weighted by Gasteiger charge is 2.24. The summed E-state index contributed by atoms with van der Waals surface area (Å²) < 4.78 is 5.98. The average Bonchev–Trinajstić information content (AvgIpc) is 3.44. The number of thiophene rings is 1. The quantitative estimate of drug-likeness (QED) is 0.266. The number of rotatable bonds is 5. The molecule has 1 N–H and O–H groups in total. The SMILES string of the molecule is O=C(Nc1ccccc1)c1c(N=Cc2ccc(-c3cc(Cl)ccc3Cl)o2)sc2c1CCCCCC2. The fraction of sp³-hybridized carbons (Fsp3) is 0.214. The zero-order chi connectivity index (χ0) is 24.2. The van der Waals surface area contributed by atoms with E-state index < -0.39 is 0 Å². The molecule has 0 saturated heterocycles. The smallest absolute Gasteiger partial charge is 0.259 e. The Morgan fingerprint density at radius 3 is 2.60 bits per heavy atom. The van der Waals surface area contributed by atoms with Crippen LogP contribution in [0.1, 0.15) is 52.2 Å². The van der Waals surface area contributed by atoms with Gasteiger partial charge in [-0.15, -0.1) is 11.3 Å². The Morgan fingerprint density at radius 2 is 1.77 bits per heavy atom. The molecule has 0 atom stereocenters. The Bertz CT molecular complexity index is 1380. The number of para-hydroxylation sites is 1. The Balaban J connectivity index is 1.47. The number of carbonyl (C=O) groups excluding carboxylic acids is 1. The lowest BCUT2D eigenvalue weighted by molar-refractivity contribution is 0.102. The summed E-state index contributed by atoms with van der Waals surface area (Å²) in [5, 5.41) is 4.91. The fourth-order valence-electron chi connectivity index (χ4n) is 4.32. The van der Waals surface area contributed by atoms with Crippen molar-refractivity contribution < 1.29 is 9.21 Å². The highest BCUT2D eigenvalue weighted by molar-refractivity contribution is 7.16. The van der Waals surface area contributed by atoms with Gasteiger partial charge in [-0.1, -0.05) is 54.2 Å². The zero-order valence-electron chi connectivity index (χ0n) is 19.0. The maximum atomic E-state index is 13.4. The molecule has 1 amide bonds. The van der Waals surface area contributed by atoms with Crippen molar-refractivity contribution in [3.8, 4) is 11.3 Å². The van der Waals surface area contributed by atoms with Crippen LogP contribution in [0.2, 0.25) is 10.0 Å². The van der Waals surface area contributed by atoms with E-state index in [1.807, 2.05) is 42.5 Å². The molecule has 4 nitrogen and oxygen atoms in total. The minimum Gasteiger partial charge on any atom is -0.455 e. The van der Waals surface area contributed by atoms with Gasteiger partial charge in [0.2, 0.25) is 0 Å². The van der Waals surface area contributed by atoms with Crippen LogP contribution >= 0.6 is 34.5 Å². The van der Waals surface area contributed by atoms with Gasteiger partial charge in [-0.25, -0.2) is 4.99 Å². The number of halogens is 2. The van der Waals surface area contributed by atoms with Crippen molar-refractivity contribution in [2.45, 2.75) is 38.5 Å². The van der Waals surface area contributed by atoms with Crippen LogP contribution < -0.4 is 5.32 Å². The maximum absolute atomic E-state index is 13.4. The van der Waals surface area contributed by atoms with Crippen LogP contribution in [-0.2, 0) is 12.8 Å². The lowest BCUT2D eigenvalue weighted by Crippen LogP contribution is -2.14. The summed E-state index contributed by atoms with van der Waals surface area (Å²) in [5.41, 5.74) is 3.31. The van der Waals surface area contributed by atoms with E-state index in [-0.39, 0.29) is 5.91 Å². The molecule has 0 fully saturated rings. The number of nitrogens with zero attached hydrogens (tertiary/aromatic N) is 1. The lowest BCUT2D eigenvalue weighted by atomic mass is 9.96. The molecule has 1 aliphatic carbocycles. The second kappa shape index (κ2) is 10.8. The van der Waals surface area contributed by atoms with E-state index in [9.17, 15) is 4.79 Å². The number of carbonyl (C=O) groups is 1. The summed E-state index contributed by atoms with van der Waals surface area (Å²) in [4.78, 5) is 19.4. The first-order valence-electron chi connectivity index (χ1n) is 11.7. The van der Waals surface area contributed by atoms with E-state index in [0.717, 1.165) is 42.5 Å². The molecule has 7 heteroatoms. The summed E-state index contributed by atoms with van der Waals surface area (Å²) in [7, 11) is 0. The molecular formula is C28H24Cl2N2O2S. The normalized spacial score (nSPS) is 13.9. The fourth-order valence-corrected chi connectivity index (χ4v) is 5.93. The molecule has 35 heavy (non-hydrogen) atoms. The number of fused-ring (bicyclic) bond motifs is 1.